The molecule has 0 saturated heterocycles. The van der Waals surface area contributed by atoms with Crippen LogP contribution in [0.5, 0.6) is 0 Å². The van der Waals surface area contributed by atoms with Crippen LogP contribution < -0.4 is 5.32 Å². The van der Waals surface area contributed by atoms with Crippen LogP contribution in [0, 0.1) is 0 Å². The Labute approximate surface area is 125 Å². The number of imidazole rings is 1. The summed E-state index contributed by atoms with van der Waals surface area (Å²) in [5.74, 6) is 0. The third kappa shape index (κ3) is 3.50. The van der Waals surface area contributed by atoms with Gasteiger partial charge in [-0.05, 0) is 38.6 Å². The standard InChI is InChI=1S/C15H24N6/c1-2-7-16-10-13-11-21(19-18-13)9-8-20-12-17-14-5-3-4-6-15(14)20/h11-12,16H,2-10H2,1H3. The van der Waals surface area contributed by atoms with Crippen molar-refractivity contribution in [3.8, 4) is 0 Å². The number of hydrogen-bond donors (Lipinski definition) is 1. The Hall–Kier alpha value is -1.69. The van der Waals surface area contributed by atoms with Gasteiger partial charge in [0.1, 0.15) is 0 Å². The van der Waals surface area contributed by atoms with Gasteiger partial charge in [0.2, 0.25) is 0 Å². The fourth-order valence-electron chi connectivity index (χ4n) is 2.86. The van der Waals surface area contributed by atoms with Crippen LogP contribution in [0.25, 0.3) is 0 Å². The lowest BCUT2D eigenvalue weighted by molar-refractivity contribution is 0.502. The first-order valence-corrected chi connectivity index (χ1v) is 7.99. The van der Waals surface area contributed by atoms with Crippen LogP contribution in [0.15, 0.2) is 12.5 Å². The van der Waals surface area contributed by atoms with E-state index in [4.69, 9.17) is 0 Å². The van der Waals surface area contributed by atoms with Crippen LogP contribution in [0.2, 0.25) is 0 Å². The van der Waals surface area contributed by atoms with E-state index in [1.807, 2.05) is 17.2 Å². The van der Waals surface area contributed by atoms with E-state index < -0.39 is 0 Å². The lowest BCUT2D eigenvalue weighted by atomic mass is 10.0. The third-order valence-electron chi connectivity index (χ3n) is 4.00. The predicted octanol–water partition coefficient (Wildman–Crippen LogP) is 1.55. The fraction of sp³-hybridized carbons (Fsp3) is 0.667. The molecular formula is C15H24N6. The summed E-state index contributed by atoms with van der Waals surface area (Å²) in [5.41, 5.74) is 3.73. The molecule has 1 aliphatic rings. The van der Waals surface area contributed by atoms with E-state index >= 15 is 0 Å². The summed E-state index contributed by atoms with van der Waals surface area (Å²) in [4.78, 5) is 4.53. The van der Waals surface area contributed by atoms with Crippen molar-refractivity contribution < 1.29 is 0 Å². The Morgan fingerprint density at radius 2 is 2.14 bits per heavy atom. The van der Waals surface area contributed by atoms with Crippen molar-refractivity contribution in [1.29, 1.82) is 0 Å². The van der Waals surface area contributed by atoms with E-state index in [9.17, 15) is 0 Å². The molecule has 6 heteroatoms. The minimum absolute atomic E-state index is 0.800. The highest BCUT2D eigenvalue weighted by molar-refractivity contribution is 5.16. The van der Waals surface area contributed by atoms with E-state index in [2.05, 4.69) is 32.1 Å². The van der Waals surface area contributed by atoms with Gasteiger partial charge in [-0.2, -0.15) is 0 Å². The molecule has 0 spiro atoms. The van der Waals surface area contributed by atoms with Crippen LogP contribution >= 0.6 is 0 Å². The summed E-state index contributed by atoms with van der Waals surface area (Å²) < 4.78 is 4.21. The Morgan fingerprint density at radius 1 is 1.24 bits per heavy atom. The molecule has 0 aromatic carbocycles. The molecular weight excluding hydrogens is 264 g/mol. The number of aryl methyl sites for hydroxylation is 3. The van der Waals surface area contributed by atoms with Crippen LogP contribution in [-0.4, -0.2) is 31.1 Å². The number of nitrogens with one attached hydrogen (secondary N) is 1. The summed E-state index contributed by atoms with van der Waals surface area (Å²) >= 11 is 0. The summed E-state index contributed by atoms with van der Waals surface area (Å²) in [5, 5.41) is 11.7. The largest absolute Gasteiger partial charge is 0.332 e. The van der Waals surface area contributed by atoms with E-state index in [-0.39, 0.29) is 0 Å². The van der Waals surface area contributed by atoms with E-state index in [0.29, 0.717) is 0 Å². The zero-order valence-corrected chi connectivity index (χ0v) is 12.8. The fourth-order valence-corrected chi connectivity index (χ4v) is 2.86. The number of rotatable bonds is 7. The average Bonchev–Trinajstić information content (AvgIpc) is 3.12. The number of nitrogens with zero attached hydrogens (tertiary/aromatic N) is 5. The Bertz CT molecular complexity index is 570. The number of fused-ring (bicyclic) bond motifs is 1. The van der Waals surface area contributed by atoms with Gasteiger partial charge >= 0.3 is 0 Å². The molecule has 2 heterocycles. The second-order valence-electron chi connectivity index (χ2n) is 5.69. The molecule has 0 unspecified atom stereocenters. The second-order valence-corrected chi connectivity index (χ2v) is 5.69. The number of aromatic nitrogens is 5. The molecule has 3 rings (SSSR count). The molecule has 2 aromatic rings. The number of hydrogen-bond acceptors (Lipinski definition) is 4. The first-order chi connectivity index (χ1) is 10.4. The quantitative estimate of drug-likeness (QED) is 0.785. The van der Waals surface area contributed by atoms with Crippen LogP contribution in [0.1, 0.15) is 43.3 Å². The summed E-state index contributed by atoms with van der Waals surface area (Å²) in [6.45, 7) is 5.76. The van der Waals surface area contributed by atoms with Crippen molar-refractivity contribution in [3.63, 3.8) is 0 Å². The zero-order valence-electron chi connectivity index (χ0n) is 12.8. The van der Waals surface area contributed by atoms with E-state index in [0.717, 1.165) is 44.7 Å². The maximum Gasteiger partial charge on any atom is 0.0964 e. The first-order valence-electron chi connectivity index (χ1n) is 7.99. The van der Waals surface area contributed by atoms with Gasteiger partial charge in [-0.3, -0.25) is 4.68 Å². The predicted molar refractivity (Wildman–Crippen MR) is 80.9 cm³/mol. The first kappa shape index (κ1) is 14.3. The smallest absolute Gasteiger partial charge is 0.0964 e. The van der Waals surface area contributed by atoms with Gasteiger partial charge in [-0.1, -0.05) is 12.1 Å². The van der Waals surface area contributed by atoms with Crippen LogP contribution in [0.3, 0.4) is 0 Å². The molecule has 0 amide bonds. The zero-order chi connectivity index (χ0) is 14.5. The third-order valence-corrected chi connectivity index (χ3v) is 4.00. The topological polar surface area (TPSA) is 60.6 Å². The molecule has 1 N–H and O–H groups in total. The van der Waals surface area contributed by atoms with Gasteiger partial charge in [-0.15, -0.1) is 5.10 Å². The van der Waals surface area contributed by atoms with Crippen LogP contribution in [-0.2, 0) is 32.5 Å². The minimum atomic E-state index is 0.800. The molecule has 0 aliphatic heterocycles. The molecule has 2 aromatic heterocycles. The molecule has 0 saturated carbocycles. The molecule has 0 radical (unpaired) electrons. The lowest BCUT2D eigenvalue weighted by Gasteiger charge is -2.13. The molecule has 21 heavy (non-hydrogen) atoms. The van der Waals surface area contributed by atoms with Crippen molar-refractivity contribution in [2.75, 3.05) is 6.54 Å². The molecule has 0 atom stereocenters. The van der Waals surface area contributed by atoms with Gasteiger partial charge in [-0.25, -0.2) is 4.98 Å². The monoisotopic (exact) mass is 288 g/mol. The SMILES string of the molecule is CCCNCc1cn(CCn2cnc3c2CCCC3)nn1. The minimum Gasteiger partial charge on any atom is -0.332 e. The Morgan fingerprint density at radius 3 is 3.05 bits per heavy atom. The molecule has 6 nitrogen and oxygen atoms in total. The van der Waals surface area contributed by atoms with E-state index in [1.165, 1.54) is 30.7 Å². The van der Waals surface area contributed by atoms with Gasteiger partial charge in [0.05, 0.1) is 24.3 Å². The highest BCUT2D eigenvalue weighted by atomic mass is 15.4. The van der Waals surface area contributed by atoms with Crippen LogP contribution in [0.4, 0.5) is 0 Å². The Balaban J connectivity index is 1.54. The lowest BCUT2D eigenvalue weighted by Crippen LogP contribution is -2.14. The maximum atomic E-state index is 4.53. The molecule has 1 aliphatic carbocycles. The van der Waals surface area contributed by atoms with Gasteiger partial charge in [0.15, 0.2) is 0 Å². The van der Waals surface area contributed by atoms with Crippen molar-refractivity contribution in [2.45, 2.75) is 58.7 Å². The molecule has 0 fully saturated rings. The van der Waals surface area contributed by atoms with Crippen molar-refractivity contribution in [3.05, 3.63) is 29.6 Å². The summed E-state index contributed by atoms with van der Waals surface area (Å²) in [6, 6.07) is 0. The van der Waals surface area contributed by atoms with Gasteiger partial charge < -0.3 is 9.88 Å². The maximum absolute atomic E-state index is 4.53. The highest BCUT2D eigenvalue weighted by Gasteiger charge is 2.14. The van der Waals surface area contributed by atoms with E-state index in [1.54, 1.807) is 0 Å². The van der Waals surface area contributed by atoms with Gasteiger partial charge in [0, 0.05) is 25.0 Å². The highest BCUT2D eigenvalue weighted by Crippen LogP contribution is 2.19. The summed E-state index contributed by atoms with van der Waals surface area (Å²) in [6.07, 6.45) is 10.0. The average molecular weight is 288 g/mol. The molecule has 0 bridgehead atoms. The van der Waals surface area contributed by atoms with Crippen molar-refractivity contribution >= 4 is 0 Å². The van der Waals surface area contributed by atoms with Crippen molar-refractivity contribution in [1.82, 2.24) is 29.9 Å². The van der Waals surface area contributed by atoms with Gasteiger partial charge in [0.25, 0.3) is 0 Å². The normalized spacial score (nSPS) is 14.3. The Kier molecular flexibility index (Phi) is 4.65. The van der Waals surface area contributed by atoms with Crippen molar-refractivity contribution in [2.24, 2.45) is 0 Å². The second kappa shape index (κ2) is 6.85. The molecule has 114 valence electrons. The summed E-state index contributed by atoms with van der Waals surface area (Å²) in [7, 11) is 0.